The molecule has 2 heterocycles. The van der Waals surface area contributed by atoms with Gasteiger partial charge in [0.25, 0.3) is 0 Å². The summed E-state index contributed by atoms with van der Waals surface area (Å²) in [6.45, 7) is 5.46. The molecule has 0 fully saturated rings. The van der Waals surface area contributed by atoms with Crippen molar-refractivity contribution < 1.29 is 0 Å². The van der Waals surface area contributed by atoms with E-state index in [-0.39, 0.29) is 0 Å². The number of imidazole rings is 1. The van der Waals surface area contributed by atoms with E-state index in [9.17, 15) is 0 Å². The van der Waals surface area contributed by atoms with E-state index in [0.29, 0.717) is 10.2 Å². The van der Waals surface area contributed by atoms with Gasteiger partial charge in [-0.05, 0) is 56.1 Å². The molecule has 24 heavy (non-hydrogen) atoms. The zero-order valence-corrected chi connectivity index (χ0v) is 14.5. The monoisotopic (exact) mass is 356 g/mol. The molecule has 1 aromatic carbocycles. The second-order valence-corrected chi connectivity index (χ2v) is 5.91. The van der Waals surface area contributed by atoms with Crippen LogP contribution in [0.1, 0.15) is 11.4 Å². The molecule has 0 bridgehead atoms. The second kappa shape index (κ2) is 6.99. The van der Waals surface area contributed by atoms with Crippen molar-refractivity contribution in [2.45, 2.75) is 6.92 Å². The predicted octanol–water partition coefficient (Wildman–Crippen LogP) is 5.22. The van der Waals surface area contributed by atoms with Crippen molar-refractivity contribution in [2.24, 2.45) is 4.99 Å². The Hall–Kier alpha value is -2.43. The minimum Gasteiger partial charge on any atom is -0.296 e. The van der Waals surface area contributed by atoms with Crippen LogP contribution in [0, 0.1) is 6.92 Å². The summed E-state index contributed by atoms with van der Waals surface area (Å²) in [5, 5.41) is 1.12. The lowest BCUT2D eigenvalue weighted by Gasteiger charge is -2.10. The lowest BCUT2D eigenvalue weighted by Crippen LogP contribution is -2.00. The number of benzene rings is 1. The van der Waals surface area contributed by atoms with Gasteiger partial charge < -0.3 is 0 Å². The van der Waals surface area contributed by atoms with Crippen LogP contribution in [-0.4, -0.2) is 21.3 Å². The van der Waals surface area contributed by atoms with Crippen molar-refractivity contribution in [3.63, 3.8) is 0 Å². The van der Waals surface area contributed by atoms with Crippen LogP contribution >= 0.6 is 23.2 Å². The molecule has 3 aromatic rings. The predicted molar refractivity (Wildman–Crippen MR) is 100 cm³/mol. The van der Waals surface area contributed by atoms with E-state index in [4.69, 9.17) is 28.2 Å². The fraction of sp³-hybridized carbons (Fsp3) is 0.0556. The number of hydrogen-bond donors (Lipinski definition) is 0. The van der Waals surface area contributed by atoms with Crippen LogP contribution in [0.3, 0.4) is 0 Å². The topological polar surface area (TPSA) is 43.1 Å². The van der Waals surface area contributed by atoms with Crippen molar-refractivity contribution >= 4 is 36.0 Å². The number of halogens is 2. The third-order valence-corrected chi connectivity index (χ3v) is 4.03. The summed E-state index contributed by atoms with van der Waals surface area (Å²) in [5.74, 6) is 0.766. The van der Waals surface area contributed by atoms with Crippen molar-refractivity contribution in [1.29, 1.82) is 0 Å². The summed E-state index contributed by atoms with van der Waals surface area (Å²) in [7, 11) is 0. The number of aromatic nitrogens is 3. The molecule has 0 unspecified atom stereocenters. The van der Waals surface area contributed by atoms with Gasteiger partial charge in [0, 0.05) is 34.4 Å². The third kappa shape index (κ3) is 3.25. The number of aliphatic imine (C=N–C) groups is 1. The molecular formula is C18H14Cl2N4. The normalized spacial score (nSPS) is 11.1. The summed E-state index contributed by atoms with van der Waals surface area (Å²) >= 11 is 11.9. The van der Waals surface area contributed by atoms with E-state index in [1.54, 1.807) is 18.5 Å². The van der Waals surface area contributed by atoms with Gasteiger partial charge in [-0.25, -0.2) is 9.97 Å². The maximum Gasteiger partial charge on any atom is 0.147 e. The molecule has 3 rings (SSSR count). The standard InChI is InChI=1S/C18H14Cl2N4/c1-12-16(9-10-21-2)23-18(13-3-8-17(20)22-11-13)24(12)15-6-4-14(19)5-7-15/h3-11H,2H2,1H3/b10-9-. The van der Waals surface area contributed by atoms with Crippen LogP contribution in [0.5, 0.6) is 0 Å². The van der Waals surface area contributed by atoms with Gasteiger partial charge in [0.05, 0.1) is 5.69 Å². The highest BCUT2D eigenvalue weighted by Crippen LogP contribution is 2.28. The highest BCUT2D eigenvalue weighted by atomic mass is 35.5. The molecule has 0 saturated heterocycles. The Morgan fingerprint density at radius 3 is 2.50 bits per heavy atom. The number of hydrogen-bond acceptors (Lipinski definition) is 3. The van der Waals surface area contributed by atoms with Crippen LogP contribution in [-0.2, 0) is 0 Å². The van der Waals surface area contributed by atoms with Crippen molar-refractivity contribution in [3.05, 3.63) is 70.4 Å². The molecule has 0 radical (unpaired) electrons. The first kappa shape index (κ1) is 16.4. The molecule has 2 aromatic heterocycles. The quantitative estimate of drug-likeness (QED) is 0.475. The van der Waals surface area contributed by atoms with E-state index in [0.717, 1.165) is 28.5 Å². The maximum absolute atomic E-state index is 6.01. The minimum absolute atomic E-state index is 0.441. The van der Waals surface area contributed by atoms with Crippen LogP contribution in [0.25, 0.3) is 23.2 Å². The molecule has 0 saturated carbocycles. The van der Waals surface area contributed by atoms with Gasteiger partial charge in [-0.3, -0.25) is 9.56 Å². The Morgan fingerprint density at radius 2 is 1.88 bits per heavy atom. The zero-order chi connectivity index (χ0) is 17.1. The minimum atomic E-state index is 0.441. The summed E-state index contributed by atoms with van der Waals surface area (Å²) in [4.78, 5) is 12.6. The Bertz CT molecular complexity index is 894. The van der Waals surface area contributed by atoms with Gasteiger partial charge in [0.2, 0.25) is 0 Å². The first-order valence-electron chi connectivity index (χ1n) is 7.19. The molecule has 120 valence electrons. The van der Waals surface area contributed by atoms with Crippen molar-refractivity contribution in [3.8, 4) is 17.1 Å². The smallest absolute Gasteiger partial charge is 0.147 e. The second-order valence-electron chi connectivity index (χ2n) is 5.09. The zero-order valence-electron chi connectivity index (χ0n) is 12.9. The highest BCUT2D eigenvalue weighted by Gasteiger charge is 2.16. The molecule has 4 nitrogen and oxygen atoms in total. The first-order valence-corrected chi connectivity index (χ1v) is 7.95. The SMILES string of the molecule is C=N/C=C\c1nc(-c2ccc(Cl)nc2)n(-c2ccc(Cl)cc2)c1C. The molecule has 0 atom stereocenters. The lowest BCUT2D eigenvalue weighted by molar-refractivity contribution is 1.01. The van der Waals surface area contributed by atoms with E-state index in [1.807, 2.05) is 47.9 Å². The van der Waals surface area contributed by atoms with E-state index in [1.165, 1.54) is 0 Å². The van der Waals surface area contributed by atoms with Gasteiger partial charge in [0.1, 0.15) is 11.0 Å². The third-order valence-electron chi connectivity index (χ3n) is 3.55. The Balaban J connectivity index is 2.22. The molecule has 0 N–H and O–H groups in total. The maximum atomic E-state index is 6.01. The molecule has 0 aliphatic heterocycles. The average molecular weight is 357 g/mol. The Labute approximate surface area is 150 Å². The van der Waals surface area contributed by atoms with Gasteiger partial charge in [0.15, 0.2) is 0 Å². The molecular weight excluding hydrogens is 343 g/mol. The van der Waals surface area contributed by atoms with Crippen LogP contribution in [0.2, 0.25) is 10.2 Å². The summed E-state index contributed by atoms with van der Waals surface area (Å²) < 4.78 is 2.05. The van der Waals surface area contributed by atoms with Crippen LogP contribution < -0.4 is 0 Å². The molecule has 0 aliphatic carbocycles. The molecule has 0 amide bonds. The van der Waals surface area contributed by atoms with Crippen molar-refractivity contribution in [2.75, 3.05) is 0 Å². The summed E-state index contributed by atoms with van der Waals surface area (Å²) in [6.07, 6.45) is 5.14. The fourth-order valence-electron chi connectivity index (χ4n) is 2.41. The van der Waals surface area contributed by atoms with E-state index >= 15 is 0 Å². The van der Waals surface area contributed by atoms with E-state index < -0.39 is 0 Å². The fourth-order valence-corrected chi connectivity index (χ4v) is 2.65. The number of nitrogens with zero attached hydrogens (tertiary/aromatic N) is 4. The molecule has 0 spiro atoms. The highest BCUT2D eigenvalue weighted by molar-refractivity contribution is 6.30. The largest absolute Gasteiger partial charge is 0.296 e. The molecule has 0 aliphatic rings. The van der Waals surface area contributed by atoms with Crippen LogP contribution in [0.15, 0.2) is 53.8 Å². The molecule has 6 heteroatoms. The van der Waals surface area contributed by atoms with Gasteiger partial charge >= 0.3 is 0 Å². The van der Waals surface area contributed by atoms with Gasteiger partial charge in [-0.2, -0.15) is 0 Å². The first-order chi connectivity index (χ1) is 11.6. The Kier molecular flexibility index (Phi) is 4.79. The van der Waals surface area contributed by atoms with Crippen LogP contribution in [0.4, 0.5) is 0 Å². The van der Waals surface area contributed by atoms with Crippen molar-refractivity contribution in [1.82, 2.24) is 14.5 Å². The average Bonchev–Trinajstić information content (AvgIpc) is 2.91. The van der Waals surface area contributed by atoms with Gasteiger partial charge in [-0.15, -0.1) is 0 Å². The lowest BCUT2D eigenvalue weighted by atomic mass is 10.2. The Morgan fingerprint density at radius 1 is 1.12 bits per heavy atom. The number of rotatable bonds is 4. The van der Waals surface area contributed by atoms with Gasteiger partial charge in [-0.1, -0.05) is 23.2 Å². The number of pyridine rings is 1. The summed E-state index contributed by atoms with van der Waals surface area (Å²) in [6, 6.07) is 11.2. The van der Waals surface area contributed by atoms with E-state index in [2.05, 4.69) is 16.7 Å². The summed E-state index contributed by atoms with van der Waals surface area (Å²) in [5.41, 5.74) is 3.61.